The number of nitrogens with one attached hydrogen (secondary N) is 1. The van der Waals surface area contributed by atoms with Crippen molar-refractivity contribution in [3.63, 3.8) is 0 Å². The van der Waals surface area contributed by atoms with Crippen LogP contribution in [0, 0.1) is 12.8 Å². The molecule has 2 aliphatic heterocycles. The van der Waals surface area contributed by atoms with E-state index >= 15 is 0 Å². The van der Waals surface area contributed by atoms with Crippen molar-refractivity contribution in [2.75, 3.05) is 5.75 Å². The predicted octanol–water partition coefficient (Wildman–Crippen LogP) is 3.77. The Hall–Kier alpha value is -2.06. The zero-order valence-electron chi connectivity index (χ0n) is 16.6. The number of amidine groups is 1. The van der Waals surface area contributed by atoms with Gasteiger partial charge in [0.15, 0.2) is 5.17 Å². The number of halogens is 1. The third-order valence-corrected chi connectivity index (χ3v) is 7.81. The molecule has 3 N–H and O–H groups in total. The molecule has 3 aliphatic rings. The lowest BCUT2D eigenvalue weighted by atomic mass is 9.67. The SMILES string of the molecule is Cc1ccc(C(=O)NC2CCC3Oc4ccc(Br)cc4C4(CSC(N)=N4)C3C2)cn1. The van der Waals surface area contributed by atoms with Crippen molar-refractivity contribution in [1.29, 1.82) is 0 Å². The van der Waals surface area contributed by atoms with Crippen LogP contribution < -0.4 is 15.8 Å². The second-order valence-corrected chi connectivity index (χ2v) is 10.1. The van der Waals surface area contributed by atoms with Crippen LogP contribution in [-0.2, 0) is 5.54 Å². The summed E-state index contributed by atoms with van der Waals surface area (Å²) in [6, 6.07) is 9.87. The number of aromatic nitrogens is 1. The molecular weight excluding hydrogens is 464 g/mol. The molecule has 1 spiro atoms. The number of thioether (sulfide) groups is 1. The molecule has 1 fully saturated rings. The van der Waals surface area contributed by atoms with Gasteiger partial charge >= 0.3 is 0 Å². The largest absolute Gasteiger partial charge is 0.490 e. The van der Waals surface area contributed by atoms with Crippen LogP contribution in [0.25, 0.3) is 0 Å². The summed E-state index contributed by atoms with van der Waals surface area (Å²) in [5, 5.41) is 3.83. The van der Waals surface area contributed by atoms with Gasteiger partial charge in [0.25, 0.3) is 5.91 Å². The molecule has 1 amide bonds. The number of ether oxygens (including phenoxy) is 1. The topological polar surface area (TPSA) is 89.6 Å². The number of aliphatic imine (C=N–C) groups is 1. The average molecular weight is 487 g/mol. The standard InChI is InChI=1S/C22H23BrN4O2S/c1-12-2-3-13(10-25-12)20(28)26-15-5-7-19-17(9-15)22(11-30-21(24)27-22)16-8-14(23)4-6-18(16)29-19/h2-4,6,8,10,15,17,19H,5,7,9,11H2,1H3,(H2,24,27)(H,26,28). The minimum atomic E-state index is -0.411. The number of hydrogen-bond acceptors (Lipinski definition) is 6. The molecule has 1 saturated carbocycles. The highest BCUT2D eigenvalue weighted by Crippen LogP contribution is 2.54. The zero-order chi connectivity index (χ0) is 20.9. The Kier molecular flexibility index (Phi) is 5.01. The lowest BCUT2D eigenvalue weighted by molar-refractivity contribution is 0.0155. The van der Waals surface area contributed by atoms with E-state index in [0.29, 0.717) is 10.7 Å². The maximum absolute atomic E-state index is 12.8. The molecule has 156 valence electrons. The Balaban J connectivity index is 1.43. The monoisotopic (exact) mass is 486 g/mol. The van der Waals surface area contributed by atoms with Gasteiger partial charge in [0.05, 0.1) is 5.56 Å². The van der Waals surface area contributed by atoms with Gasteiger partial charge in [0.1, 0.15) is 17.4 Å². The van der Waals surface area contributed by atoms with Crippen LogP contribution in [0.15, 0.2) is 46.0 Å². The summed E-state index contributed by atoms with van der Waals surface area (Å²) in [5.74, 6) is 1.77. The number of amides is 1. The summed E-state index contributed by atoms with van der Waals surface area (Å²) in [6.07, 6.45) is 4.26. The summed E-state index contributed by atoms with van der Waals surface area (Å²) in [4.78, 5) is 22.0. The molecule has 4 atom stereocenters. The van der Waals surface area contributed by atoms with E-state index in [-0.39, 0.29) is 24.0 Å². The highest BCUT2D eigenvalue weighted by Gasteiger charge is 2.54. The first-order valence-corrected chi connectivity index (χ1v) is 11.9. The van der Waals surface area contributed by atoms with Crippen molar-refractivity contribution in [3.05, 3.63) is 57.8 Å². The van der Waals surface area contributed by atoms with Crippen LogP contribution >= 0.6 is 27.7 Å². The molecule has 1 aromatic heterocycles. The van der Waals surface area contributed by atoms with Crippen LogP contribution in [0.5, 0.6) is 5.75 Å². The number of hydrogen-bond donors (Lipinski definition) is 2. The van der Waals surface area contributed by atoms with Crippen molar-refractivity contribution < 1.29 is 9.53 Å². The third-order valence-electron chi connectivity index (χ3n) is 6.35. The number of carbonyl (C=O) groups excluding carboxylic acids is 1. The maximum Gasteiger partial charge on any atom is 0.253 e. The van der Waals surface area contributed by atoms with Gasteiger partial charge in [-0.05, 0) is 56.5 Å². The molecular formula is C22H23BrN4O2S. The zero-order valence-corrected chi connectivity index (χ0v) is 19.0. The van der Waals surface area contributed by atoms with Gasteiger partial charge in [-0.1, -0.05) is 27.7 Å². The number of pyridine rings is 1. The molecule has 3 heterocycles. The molecule has 1 aromatic carbocycles. The van der Waals surface area contributed by atoms with Crippen LogP contribution in [0.2, 0.25) is 0 Å². The van der Waals surface area contributed by atoms with E-state index in [1.165, 1.54) is 0 Å². The van der Waals surface area contributed by atoms with Crippen LogP contribution in [0.4, 0.5) is 0 Å². The fourth-order valence-corrected chi connectivity index (χ4v) is 6.26. The second-order valence-electron chi connectivity index (χ2n) is 8.24. The van der Waals surface area contributed by atoms with E-state index in [2.05, 4.69) is 32.3 Å². The molecule has 6 nitrogen and oxygen atoms in total. The number of rotatable bonds is 2. The Morgan fingerprint density at radius 2 is 2.20 bits per heavy atom. The summed E-state index contributed by atoms with van der Waals surface area (Å²) in [5.41, 5.74) is 8.30. The fraction of sp³-hybridized carbons (Fsp3) is 0.409. The van der Waals surface area contributed by atoms with Gasteiger partial charge in [-0.25, -0.2) is 4.99 Å². The lowest BCUT2D eigenvalue weighted by Gasteiger charge is -2.48. The first kappa shape index (κ1) is 19.9. The highest BCUT2D eigenvalue weighted by atomic mass is 79.9. The Bertz CT molecular complexity index is 1030. The molecule has 2 aromatic rings. The second kappa shape index (κ2) is 7.57. The van der Waals surface area contributed by atoms with E-state index in [1.54, 1.807) is 18.0 Å². The predicted molar refractivity (Wildman–Crippen MR) is 122 cm³/mol. The molecule has 30 heavy (non-hydrogen) atoms. The molecule has 8 heteroatoms. The average Bonchev–Trinajstić information content (AvgIpc) is 3.12. The number of carbonyl (C=O) groups is 1. The van der Waals surface area contributed by atoms with Gasteiger partial charge in [0.2, 0.25) is 0 Å². The summed E-state index contributed by atoms with van der Waals surface area (Å²) in [7, 11) is 0. The van der Waals surface area contributed by atoms with Crippen molar-refractivity contribution in [1.82, 2.24) is 10.3 Å². The van der Waals surface area contributed by atoms with E-state index in [9.17, 15) is 4.79 Å². The molecule has 1 aliphatic carbocycles. The fourth-order valence-electron chi connectivity index (χ4n) is 4.87. The van der Waals surface area contributed by atoms with Crippen molar-refractivity contribution in [2.45, 2.75) is 43.9 Å². The minimum absolute atomic E-state index is 0.0660. The van der Waals surface area contributed by atoms with Gasteiger partial charge in [-0.15, -0.1) is 0 Å². The summed E-state index contributed by atoms with van der Waals surface area (Å²) in [6.45, 7) is 1.91. The van der Waals surface area contributed by atoms with Crippen LogP contribution in [0.1, 0.15) is 40.9 Å². The minimum Gasteiger partial charge on any atom is -0.490 e. The Morgan fingerprint density at radius 1 is 1.33 bits per heavy atom. The number of aryl methyl sites for hydroxylation is 1. The van der Waals surface area contributed by atoms with Gasteiger partial charge in [0, 0.05) is 39.6 Å². The first-order chi connectivity index (χ1) is 14.4. The van der Waals surface area contributed by atoms with Crippen LogP contribution in [-0.4, -0.2) is 34.0 Å². The van der Waals surface area contributed by atoms with Gasteiger partial charge < -0.3 is 15.8 Å². The van der Waals surface area contributed by atoms with Crippen LogP contribution in [0.3, 0.4) is 0 Å². The molecule has 4 unspecified atom stereocenters. The van der Waals surface area contributed by atoms with Crippen molar-refractivity contribution in [2.24, 2.45) is 16.6 Å². The quantitative estimate of drug-likeness (QED) is 0.674. The van der Waals surface area contributed by atoms with Crippen molar-refractivity contribution >= 4 is 38.8 Å². The normalized spacial score (nSPS) is 29.5. The smallest absolute Gasteiger partial charge is 0.253 e. The molecule has 0 bridgehead atoms. The molecule has 0 radical (unpaired) electrons. The summed E-state index contributed by atoms with van der Waals surface area (Å²) < 4.78 is 7.40. The molecule has 0 saturated heterocycles. The summed E-state index contributed by atoms with van der Waals surface area (Å²) >= 11 is 5.20. The van der Waals surface area contributed by atoms with E-state index in [4.69, 9.17) is 15.5 Å². The Morgan fingerprint density at radius 3 is 2.93 bits per heavy atom. The Labute approximate surface area is 188 Å². The lowest BCUT2D eigenvalue weighted by Crippen LogP contribution is -2.54. The number of nitrogens with zero attached hydrogens (tertiary/aromatic N) is 2. The van der Waals surface area contributed by atoms with Gasteiger partial charge in [-0.3, -0.25) is 9.78 Å². The van der Waals surface area contributed by atoms with E-state index in [1.807, 2.05) is 31.2 Å². The number of benzene rings is 1. The maximum atomic E-state index is 12.8. The first-order valence-electron chi connectivity index (χ1n) is 10.1. The van der Waals surface area contributed by atoms with Gasteiger partial charge in [-0.2, -0.15) is 0 Å². The molecule has 5 rings (SSSR count). The third kappa shape index (κ3) is 3.39. The number of nitrogens with two attached hydrogens (primary N) is 1. The highest BCUT2D eigenvalue weighted by molar-refractivity contribution is 9.10. The van der Waals surface area contributed by atoms with Crippen molar-refractivity contribution in [3.8, 4) is 5.75 Å². The van der Waals surface area contributed by atoms with E-state index in [0.717, 1.165) is 46.5 Å². The van der Waals surface area contributed by atoms with E-state index < -0.39 is 5.54 Å². The number of fused-ring (bicyclic) bond motifs is 4.